The summed E-state index contributed by atoms with van der Waals surface area (Å²) in [5.41, 5.74) is -0.212. The van der Waals surface area contributed by atoms with Crippen LogP contribution in [0.5, 0.6) is 5.75 Å². The average molecular weight is 327 g/mol. The summed E-state index contributed by atoms with van der Waals surface area (Å²) in [6.45, 7) is 1.89. The summed E-state index contributed by atoms with van der Waals surface area (Å²) in [5, 5.41) is 0.365. The highest BCUT2D eigenvalue weighted by molar-refractivity contribution is 9.08. The third-order valence-corrected chi connectivity index (χ3v) is 2.88. The number of hydrogen-bond donors (Lipinski definition) is 0. The molecule has 0 bridgehead atoms. The number of alkyl halides is 4. The Hall–Kier alpha value is -0.750. The van der Waals surface area contributed by atoms with Crippen molar-refractivity contribution < 1.29 is 22.6 Å². The lowest BCUT2D eigenvalue weighted by molar-refractivity contribution is -0.139. The summed E-state index contributed by atoms with van der Waals surface area (Å²) >= 11 is 3.13. The van der Waals surface area contributed by atoms with E-state index in [2.05, 4.69) is 15.9 Å². The van der Waals surface area contributed by atoms with Crippen molar-refractivity contribution in [2.45, 2.75) is 24.5 Å². The van der Waals surface area contributed by atoms with Crippen LogP contribution in [0.25, 0.3) is 0 Å². The van der Waals surface area contributed by atoms with Crippen LogP contribution >= 0.6 is 15.9 Å². The highest BCUT2D eigenvalue weighted by atomic mass is 79.9. The van der Waals surface area contributed by atoms with E-state index in [-0.39, 0.29) is 12.4 Å². The standard InChI is InChI=1S/C12H14BrF3O2/c1-8(7-17-2)18-11-4-3-9(6-13)5-10(11)12(14,15)16/h3-5,8H,6-7H2,1-2H3. The van der Waals surface area contributed by atoms with Crippen LogP contribution in [-0.2, 0) is 16.2 Å². The first kappa shape index (κ1) is 15.3. The minimum absolute atomic E-state index is 0.170. The smallest absolute Gasteiger partial charge is 0.419 e. The van der Waals surface area contributed by atoms with Crippen LogP contribution in [0, 0.1) is 0 Å². The second kappa shape index (κ2) is 6.43. The van der Waals surface area contributed by atoms with Gasteiger partial charge < -0.3 is 9.47 Å². The molecule has 0 aliphatic rings. The summed E-state index contributed by atoms with van der Waals surface area (Å²) in [5.74, 6) is -0.170. The van der Waals surface area contributed by atoms with Gasteiger partial charge in [0.15, 0.2) is 0 Å². The molecule has 1 unspecified atom stereocenters. The van der Waals surface area contributed by atoms with Crippen LogP contribution in [0.15, 0.2) is 18.2 Å². The Morgan fingerprint density at radius 1 is 1.33 bits per heavy atom. The summed E-state index contributed by atoms with van der Waals surface area (Å²) in [4.78, 5) is 0. The molecule has 102 valence electrons. The average Bonchev–Trinajstić information content (AvgIpc) is 2.28. The van der Waals surface area contributed by atoms with Gasteiger partial charge in [-0.25, -0.2) is 0 Å². The van der Waals surface area contributed by atoms with E-state index in [9.17, 15) is 13.2 Å². The van der Waals surface area contributed by atoms with Crippen molar-refractivity contribution in [1.82, 2.24) is 0 Å². The summed E-state index contributed by atoms with van der Waals surface area (Å²) < 4.78 is 48.7. The Morgan fingerprint density at radius 3 is 2.50 bits per heavy atom. The molecular formula is C12H14BrF3O2. The Morgan fingerprint density at radius 2 is 2.00 bits per heavy atom. The minimum Gasteiger partial charge on any atom is -0.488 e. The maximum absolute atomic E-state index is 12.9. The van der Waals surface area contributed by atoms with Crippen molar-refractivity contribution in [3.05, 3.63) is 29.3 Å². The zero-order chi connectivity index (χ0) is 13.8. The van der Waals surface area contributed by atoms with Crippen LogP contribution in [-0.4, -0.2) is 19.8 Å². The van der Waals surface area contributed by atoms with Crippen molar-refractivity contribution in [1.29, 1.82) is 0 Å². The molecule has 0 amide bonds. The van der Waals surface area contributed by atoms with E-state index in [0.29, 0.717) is 10.9 Å². The number of hydrogen-bond acceptors (Lipinski definition) is 2. The predicted molar refractivity (Wildman–Crippen MR) is 66.0 cm³/mol. The largest absolute Gasteiger partial charge is 0.488 e. The molecule has 0 radical (unpaired) electrons. The molecule has 1 rings (SSSR count). The van der Waals surface area contributed by atoms with Gasteiger partial charge in [-0.1, -0.05) is 22.0 Å². The summed E-state index contributed by atoms with van der Waals surface area (Å²) in [6.07, 6.45) is -4.87. The monoisotopic (exact) mass is 326 g/mol. The zero-order valence-corrected chi connectivity index (χ0v) is 11.6. The van der Waals surface area contributed by atoms with Gasteiger partial charge in [0.25, 0.3) is 0 Å². The number of benzene rings is 1. The van der Waals surface area contributed by atoms with Crippen molar-refractivity contribution >= 4 is 15.9 Å². The van der Waals surface area contributed by atoms with Gasteiger partial charge >= 0.3 is 6.18 Å². The van der Waals surface area contributed by atoms with E-state index < -0.39 is 17.8 Å². The van der Waals surface area contributed by atoms with Gasteiger partial charge in [-0.05, 0) is 24.6 Å². The second-order valence-corrected chi connectivity index (χ2v) is 4.41. The highest BCUT2D eigenvalue weighted by Gasteiger charge is 2.35. The molecule has 2 nitrogen and oxygen atoms in total. The van der Waals surface area contributed by atoms with Crippen LogP contribution < -0.4 is 4.74 Å². The maximum atomic E-state index is 12.9. The first-order valence-electron chi connectivity index (χ1n) is 5.30. The van der Waals surface area contributed by atoms with E-state index in [1.807, 2.05) is 0 Å². The molecule has 0 fully saturated rings. The number of rotatable bonds is 5. The third kappa shape index (κ3) is 4.17. The van der Waals surface area contributed by atoms with Crippen LogP contribution in [0.4, 0.5) is 13.2 Å². The van der Waals surface area contributed by atoms with Gasteiger partial charge in [0.05, 0.1) is 12.2 Å². The number of ether oxygens (including phenoxy) is 2. The summed E-state index contributed by atoms with van der Waals surface area (Å²) in [6, 6.07) is 4.02. The molecule has 1 aromatic rings. The molecule has 0 aliphatic carbocycles. The van der Waals surface area contributed by atoms with Crippen LogP contribution in [0.3, 0.4) is 0 Å². The van der Waals surface area contributed by atoms with Gasteiger partial charge in [-0.2, -0.15) is 13.2 Å². The predicted octanol–water partition coefficient (Wildman–Crippen LogP) is 4.01. The molecule has 1 atom stereocenters. The lowest BCUT2D eigenvalue weighted by Crippen LogP contribution is -2.20. The molecule has 1 aromatic carbocycles. The van der Waals surface area contributed by atoms with Crippen LogP contribution in [0.1, 0.15) is 18.1 Å². The Labute approximate surface area is 112 Å². The van der Waals surface area contributed by atoms with E-state index in [1.165, 1.54) is 13.2 Å². The topological polar surface area (TPSA) is 18.5 Å². The van der Waals surface area contributed by atoms with Gasteiger partial charge in [0, 0.05) is 12.4 Å². The molecule has 0 aliphatic heterocycles. The summed E-state index contributed by atoms with van der Waals surface area (Å²) in [7, 11) is 1.47. The molecule has 0 heterocycles. The molecule has 0 saturated heterocycles. The van der Waals surface area contributed by atoms with Crippen molar-refractivity contribution in [2.75, 3.05) is 13.7 Å². The maximum Gasteiger partial charge on any atom is 0.419 e. The minimum atomic E-state index is -4.43. The normalized spacial score (nSPS) is 13.4. The van der Waals surface area contributed by atoms with E-state index >= 15 is 0 Å². The van der Waals surface area contributed by atoms with Gasteiger partial charge in [-0.15, -0.1) is 0 Å². The fourth-order valence-electron chi connectivity index (χ4n) is 1.47. The van der Waals surface area contributed by atoms with E-state index in [4.69, 9.17) is 9.47 Å². The number of methoxy groups -OCH3 is 1. The first-order valence-corrected chi connectivity index (χ1v) is 6.42. The van der Waals surface area contributed by atoms with Gasteiger partial charge in [-0.3, -0.25) is 0 Å². The van der Waals surface area contributed by atoms with Crippen molar-refractivity contribution in [3.8, 4) is 5.75 Å². The first-order chi connectivity index (χ1) is 8.38. The van der Waals surface area contributed by atoms with Gasteiger partial charge in [0.2, 0.25) is 0 Å². The molecule has 6 heteroatoms. The second-order valence-electron chi connectivity index (χ2n) is 3.85. The number of halogens is 4. The molecular weight excluding hydrogens is 313 g/mol. The quantitative estimate of drug-likeness (QED) is 0.761. The van der Waals surface area contributed by atoms with E-state index in [0.717, 1.165) is 6.07 Å². The fourth-order valence-corrected chi connectivity index (χ4v) is 1.82. The highest BCUT2D eigenvalue weighted by Crippen LogP contribution is 2.37. The third-order valence-electron chi connectivity index (χ3n) is 2.23. The van der Waals surface area contributed by atoms with E-state index in [1.54, 1.807) is 13.0 Å². The van der Waals surface area contributed by atoms with Crippen LogP contribution in [0.2, 0.25) is 0 Å². The molecule has 0 spiro atoms. The lowest BCUT2D eigenvalue weighted by atomic mass is 10.1. The Balaban J connectivity index is 3.03. The lowest BCUT2D eigenvalue weighted by Gasteiger charge is -2.18. The van der Waals surface area contributed by atoms with Crippen molar-refractivity contribution in [3.63, 3.8) is 0 Å². The molecule has 18 heavy (non-hydrogen) atoms. The Bertz CT molecular complexity index is 393. The Kier molecular flexibility index (Phi) is 5.47. The van der Waals surface area contributed by atoms with Crippen molar-refractivity contribution in [2.24, 2.45) is 0 Å². The molecule has 0 N–H and O–H groups in total. The molecule has 0 aromatic heterocycles. The fraction of sp³-hybridized carbons (Fsp3) is 0.500. The zero-order valence-electron chi connectivity index (χ0n) is 10.1. The SMILES string of the molecule is COCC(C)Oc1ccc(CBr)cc1C(F)(F)F. The molecule has 0 saturated carbocycles. The van der Waals surface area contributed by atoms with Gasteiger partial charge in [0.1, 0.15) is 11.9 Å².